The Morgan fingerprint density at radius 3 is 2.33 bits per heavy atom. The topological polar surface area (TPSA) is 35.6 Å². The summed E-state index contributed by atoms with van der Waals surface area (Å²) in [6.45, 7) is 8.61. The fourth-order valence-electron chi connectivity index (χ4n) is 4.33. The smallest absolute Gasteiger partial charge is 0.225 e. The zero-order chi connectivity index (χ0) is 14.7. The van der Waals surface area contributed by atoms with Crippen molar-refractivity contribution >= 4 is 5.91 Å². The van der Waals surface area contributed by atoms with Gasteiger partial charge in [-0.25, -0.2) is 0 Å². The summed E-state index contributed by atoms with van der Waals surface area (Å²) in [6.07, 6.45) is 7.35. The van der Waals surface area contributed by atoms with Gasteiger partial charge in [0.15, 0.2) is 0 Å². The monoisotopic (exact) mass is 293 g/mol. The Hall–Kier alpha value is -0.610. The van der Waals surface area contributed by atoms with Gasteiger partial charge in [0.05, 0.1) is 0 Å². The molecule has 21 heavy (non-hydrogen) atoms. The summed E-state index contributed by atoms with van der Waals surface area (Å²) >= 11 is 0. The lowest BCUT2D eigenvalue weighted by Crippen LogP contribution is -2.53. The van der Waals surface area contributed by atoms with E-state index in [0.717, 1.165) is 58.0 Å². The van der Waals surface area contributed by atoms with Gasteiger partial charge in [-0.3, -0.25) is 9.69 Å². The van der Waals surface area contributed by atoms with Gasteiger partial charge >= 0.3 is 0 Å². The van der Waals surface area contributed by atoms with E-state index in [4.69, 9.17) is 0 Å². The zero-order valence-corrected chi connectivity index (χ0v) is 13.5. The molecule has 1 aliphatic carbocycles. The summed E-state index contributed by atoms with van der Waals surface area (Å²) in [5, 5.41) is 3.44. The number of rotatable bonds is 3. The number of carbonyl (C=O) groups excluding carboxylic acids is 1. The van der Waals surface area contributed by atoms with Crippen molar-refractivity contribution in [3.05, 3.63) is 0 Å². The number of nitrogens with one attached hydrogen (secondary N) is 1. The molecule has 3 fully saturated rings. The van der Waals surface area contributed by atoms with Crippen LogP contribution >= 0.6 is 0 Å². The van der Waals surface area contributed by atoms with Crippen LogP contribution in [0.1, 0.15) is 45.4 Å². The van der Waals surface area contributed by atoms with E-state index in [1.54, 1.807) is 0 Å². The number of piperazine rings is 1. The van der Waals surface area contributed by atoms with Gasteiger partial charge in [-0.05, 0) is 44.6 Å². The van der Waals surface area contributed by atoms with E-state index >= 15 is 0 Å². The Morgan fingerprint density at radius 2 is 1.76 bits per heavy atom. The van der Waals surface area contributed by atoms with Crippen LogP contribution in [0.2, 0.25) is 0 Å². The van der Waals surface area contributed by atoms with E-state index < -0.39 is 0 Å². The van der Waals surface area contributed by atoms with Crippen molar-refractivity contribution in [3.8, 4) is 0 Å². The molecule has 4 heteroatoms. The van der Waals surface area contributed by atoms with E-state index in [2.05, 4.69) is 22.0 Å². The lowest BCUT2D eigenvalue weighted by molar-refractivity contribution is -0.139. The first-order chi connectivity index (χ1) is 10.3. The molecule has 1 amide bonds. The van der Waals surface area contributed by atoms with Gasteiger partial charge in [-0.1, -0.05) is 13.3 Å². The van der Waals surface area contributed by atoms with Crippen molar-refractivity contribution in [3.63, 3.8) is 0 Å². The average Bonchev–Trinajstić information content (AvgIpc) is 3.09. The van der Waals surface area contributed by atoms with Crippen LogP contribution in [-0.2, 0) is 4.79 Å². The number of hydrogen-bond acceptors (Lipinski definition) is 3. The normalized spacial score (nSPS) is 35.1. The standard InChI is InChI=1S/C17H31N3O/c1-2-14-3-5-15(6-4-14)17(21)20-11-9-19(10-12-20)16-7-8-18-13-16/h14-16,18H,2-13H2,1H3. The van der Waals surface area contributed by atoms with Gasteiger partial charge in [-0.2, -0.15) is 0 Å². The highest BCUT2D eigenvalue weighted by Crippen LogP contribution is 2.32. The Labute approximate surface area is 129 Å². The van der Waals surface area contributed by atoms with Crippen LogP contribution in [0.5, 0.6) is 0 Å². The Bertz CT molecular complexity index is 338. The summed E-state index contributed by atoms with van der Waals surface area (Å²) in [5.74, 6) is 1.65. The van der Waals surface area contributed by atoms with Gasteiger partial charge in [0.1, 0.15) is 0 Å². The Morgan fingerprint density at radius 1 is 1.05 bits per heavy atom. The van der Waals surface area contributed by atoms with E-state index in [1.807, 2.05) is 0 Å². The first-order valence-corrected chi connectivity index (χ1v) is 9.01. The van der Waals surface area contributed by atoms with Crippen molar-refractivity contribution < 1.29 is 4.79 Å². The van der Waals surface area contributed by atoms with Crippen LogP contribution in [0.25, 0.3) is 0 Å². The van der Waals surface area contributed by atoms with E-state index in [-0.39, 0.29) is 0 Å². The highest BCUT2D eigenvalue weighted by atomic mass is 16.2. The van der Waals surface area contributed by atoms with Crippen molar-refractivity contribution in [2.24, 2.45) is 11.8 Å². The summed E-state index contributed by atoms with van der Waals surface area (Å²) in [4.78, 5) is 17.4. The zero-order valence-electron chi connectivity index (χ0n) is 13.5. The second-order valence-corrected chi connectivity index (χ2v) is 7.13. The molecule has 0 aromatic heterocycles. The SMILES string of the molecule is CCC1CCC(C(=O)N2CCN(C3CCNC3)CC2)CC1. The molecule has 0 aromatic rings. The maximum Gasteiger partial charge on any atom is 0.225 e. The fourth-order valence-corrected chi connectivity index (χ4v) is 4.33. The molecule has 0 spiro atoms. The predicted molar refractivity (Wildman–Crippen MR) is 85.2 cm³/mol. The van der Waals surface area contributed by atoms with Gasteiger partial charge in [-0.15, -0.1) is 0 Å². The Balaban J connectivity index is 1.44. The quantitative estimate of drug-likeness (QED) is 0.860. The molecule has 120 valence electrons. The van der Waals surface area contributed by atoms with E-state index in [9.17, 15) is 4.79 Å². The number of carbonyl (C=O) groups is 1. The molecular formula is C17H31N3O. The molecule has 0 radical (unpaired) electrons. The summed E-state index contributed by atoms with van der Waals surface area (Å²) in [6, 6.07) is 0.710. The van der Waals surface area contributed by atoms with Crippen LogP contribution in [0, 0.1) is 11.8 Å². The predicted octanol–water partition coefficient (Wildman–Crippen LogP) is 1.71. The molecule has 4 nitrogen and oxygen atoms in total. The van der Waals surface area contributed by atoms with E-state index in [1.165, 1.54) is 25.7 Å². The van der Waals surface area contributed by atoms with Gasteiger partial charge in [0, 0.05) is 44.7 Å². The van der Waals surface area contributed by atoms with Crippen LogP contribution in [-0.4, -0.2) is 61.0 Å². The summed E-state index contributed by atoms with van der Waals surface area (Å²) in [5.41, 5.74) is 0. The Kier molecular flexibility index (Phi) is 5.17. The minimum atomic E-state index is 0.326. The van der Waals surface area contributed by atoms with Crippen molar-refractivity contribution in [1.29, 1.82) is 0 Å². The largest absolute Gasteiger partial charge is 0.340 e. The molecule has 2 heterocycles. The summed E-state index contributed by atoms with van der Waals surface area (Å²) in [7, 11) is 0. The number of hydrogen-bond donors (Lipinski definition) is 1. The maximum absolute atomic E-state index is 12.7. The third-order valence-corrected chi connectivity index (χ3v) is 5.95. The van der Waals surface area contributed by atoms with Crippen LogP contribution in [0.3, 0.4) is 0 Å². The van der Waals surface area contributed by atoms with Crippen molar-refractivity contribution in [2.45, 2.75) is 51.5 Å². The molecule has 3 aliphatic rings. The summed E-state index contributed by atoms with van der Waals surface area (Å²) < 4.78 is 0. The highest BCUT2D eigenvalue weighted by Gasteiger charge is 2.32. The molecule has 1 atom stereocenters. The molecule has 2 aliphatic heterocycles. The van der Waals surface area contributed by atoms with Crippen molar-refractivity contribution in [1.82, 2.24) is 15.1 Å². The van der Waals surface area contributed by atoms with E-state index in [0.29, 0.717) is 17.9 Å². The van der Waals surface area contributed by atoms with Crippen LogP contribution < -0.4 is 5.32 Å². The second kappa shape index (κ2) is 7.10. The first kappa shape index (κ1) is 15.3. The number of nitrogens with zero attached hydrogens (tertiary/aromatic N) is 2. The fraction of sp³-hybridized carbons (Fsp3) is 0.941. The third kappa shape index (κ3) is 3.59. The minimum Gasteiger partial charge on any atom is -0.340 e. The average molecular weight is 293 g/mol. The lowest BCUT2D eigenvalue weighted by Gasteiger charge is -2.40. The molecule has 1 saturated carbocycles. The molecular weight excluding hydrogens is 262 g/mol. The maximum atomic E-state index is 12.7. The number of amides is 1. The lowest BCUT2D eigenvalue weighted by atomic mass is 9.80. The second-order valence-electron chi connectivity index (χ2n) is 7.13. The van der Waals surface area contributed by atoms with Crippen molar-refractivity contribution in [2.75, 3.05) is 39.3 Å². The minimum absolute atomic E-state index is 0.326. The first-order valence-electron chi connectivity index (χ1n) is 9.01. The molecule has 0 aromatic carbocycles. The molecule has 1 unspecified atom stereocenters. The molecule has 2 saturated heterocycles. The van der Waals surface area contributed by atoms with Crippen LogP contribution in [0.15, 0.2) is 0 Å². The van der Waals surface area contributed by atoms with Gasteiger partial charge in [0.25, 0.3) is 0 Å². The molecule has 0 bridgehead atoms. The van der Waals surface area contributed by atoms with Crippen LogP contribution in [0.4, 0.5) is 0 Å². The molecule has 3 rings (SSSR count). The highest BCUT2D eigenvalue weighted by molar-refractivity contribution is 5.79. The van der Waals surface area contributed by atoms with Gasteiger partial charge in [0.2, 0.25) is 5.91 Å². The third-order valence-electron chi connectivity index (χ3n) is 5.95. The van der Waals surface area contributed by atoms with Gasteiger partial charge < -0.3 is 10.2 Å². The molecule has 1 N–H and O–H groups in total.